The van der Waals surface area contributed by atoms with Gasteiger partial charge in [0.15, 0.2) is 5.82 Å². The number of nitrogens with zero attached hydrogens (tertiary/aromatic N) is 4. The lowest BCUT2D eigenvalue weighted by Gasteiger charge is -2.31. The van der Waals surface area contributed by atoms with Gasteiger partial charge < -0.3 is 20.3 Å². The van der Waals surface area contributed by atoms with Gasteiger partial charge in [-0.25, -0.2) is 9.18 Å². The predicted octanol–water partition coefficient (Wildman–Crippen LogP) is 3.44. The molecule has 0 aliphatic carbocycles. The third kappa shape index (κ3) is 5.16. The molecule has 0 spiro atoms. The first-order valence-electron chi connectivity index (χ1n) is 8.65. The van der Waals surface area contributed by atoms with E-state index in [4.69, 9.17) is 16.3 Å². The first kappa shape index (κ1) is 19.1. The van der Waals surface area contributed by atoms with Crippen molar-refractivity contribution < 1.29 is 13.9 Å². The molecule has 144 valence electrons. The van der Waals surface area contributed by atoms with Gasteiger partial charge in [-0.15, -0.1) is 5.10 Å². The Bertz CT molecular complexity index is 801. The van der Waals surface area contributed by atoms with E-state index in [-0.39, 0.29) is 23.1 Å². The number of likely N-dealkylation sites (tertiary alicyclic amines) is 1. The number of hydrogen-bond donors (Lipinski definition) is 2. The van der Waals surface area contributed by atoms with E-state index in [9.17, 15) is 9.18 Å². The summed E-state index contributed by atoms with van der Waals surface area (Å²) in [6.07, 6.45) is 2.81. The Morgan fingerprint density at radius 1 is 1.41 bits per heavy atom. The molecule has 8 nitrogen and oxygen atoms in total. The Labute approximate surface area is 161 Å². The number of halogens is 2. The molecule has 0 saturated carbocycles. The minimum absolute atomic E-state index is 0.00981. The summed E-state index contributed by atoms with van der Waals surface area (Å²) in [5, 5.41) is 14.1. The fourth-order valence-electron chi connectivity index (χ4n) is 2.76. The predicted molar refractivity (Wildman–Crippen MR) is 99.8 cm³/mol. The molecule has 0 unspecified atom stereocenters. The monoisotopic (exact) mass is 394 g/mol. The van der Waals surface area contributed by atoms with Crippen LogP contribution >= 0.6 is 11.6 Å². The summed E-state index contributed by atoms with van der Waals surface area (Å²) in [6.45, 7) is 3.40. The number of nitrogens with one attached hydrogen (secondary N) is 2. The first-order valence-corrected chi connectivity index (χ1v) is 9.03. The molecule has 27 heavy (non-hydrogen) atoms. The van der Waals surface area contributed by atoms with Gasteiger partial charge in [-0.05, 0) is 38.0 Å². The van der Waals surface area contributed by atoms with Crippen LogP contribution in [0.15, 0.2) is 24.4 Å². The highest BCUT2D eigenvalue weighted by atomic mass is 35.5. The van der Waals surface area contributed by atoms with E-state index in [0.29, 0.717) is 31.2 Å². The number of amides is 1. The molecular formula is C17H20ClFN6O2. The van der Waals surface area contributed by atoms with Crippen molar-refractivity contribution in [2.75, 3.05) is 30.3 Å². The van der Waals surface area contributed by atoms with Crippen LogP contribution in [-0.2, 0) is 4.74 Å². The van der Waals surface area contributed by atoms with Crippen LogP contribution in [0.2, 0.25) is 5.02 Å². The van der Waals surface area contributed by atoms with Crippen molar-refractivity contribution in [1.29, 1.82) is 0 Å². The van der Waals surface area contributed by atoms with Crippen LogP contribution in [-0.4, -0.2) is 51.9 Å². The Kier molecular flexibility index (Phi) is 6.23. The fourth-order valence-corrected chi connectivity index (χ4v) is 2.94. The average Bonchev–Trinajstić information content (AvgIpc) is 2.66. The lowest BCUT2D eigenvalue weighted by atomic mass is 10.1. The van der Waals surface area contributed by atoms with Gasteiger partial charge in [0.2, 0.25) is 5.95 Å². The summed E-state index contributed by atoms with van der Waals surface area (Å²) in [4.78, 5) is 17.8. The molecular weight excluding hydrogens is 375 g/mol. The third-order valence-electron chi connectivity index (χ3n) is 4.11. The average molecular weight is 395 g/mol. The van der Waals surface area contributed by atoms with Gasteiger partial charge in [0.25, 0.3) is 0 Å². The maximum atomic E-state index is 13.2. The topological polar surface area (TPSA) is 92.3 Å². The lowest BCUT2D eigenvalue weighted by Crippen LogP contribution is -2.42. The number of piperidine rings is 1. The summed E-state index contributed by atoms with van der Waals surface area (Å²) in [6, 6.07) is 4.42. The van der Waals surface area contributed by atoms with Crippen molar-refractivity contribution in [1.82, 2.24) is 20.1 Å². The van der Waals surface area contributed by atoms with Gasteiger partial charge in [-0.3, -0.25) is 0 Å². The second-order valence-electron chi connectivity index (χ2n) is 6.02. The minimum Gasteiger partial charge on any atom is -0.450 e. The highest BCUT2D eigenvalue weighted by molar-refractivity contribution is 6.31. The number of aromatic nitrogens is 3. The summed E-state index contributed by atoms with van der Waals surface area (Å²) in [5.41, 5.74) is 0.558. The molecule has 1 aliphatic heterocycles. The summed E-state index contributed by atoms with van der Waals surface area (Å²) >= 11 is 5.77. The molecule has 1 saturated heterocycles. The maximum absolute atomic E-state index is 13.2. The first-order chi connectivity index (χ1) is 13.0. The van der Waals surface area contributed by atoms with Crippen molar-refractivity contribution in [3.8, 4) is 0 Å². The number of carbonyl (C=O) groups is 1. The molecule has 1 fully saturated rings. The lowest BCUT2D eigenvalue weighted by molar-refractivity contribution is 0.0983. The van der Waals surface area contributed by atoms with Crippen molar-refractivity contribution >= 4 is 35.1 Å². The summed E-state index contributed by atoms with van der Waals surface area (Å²) in [5.74, 6) is 0.341. The van der Waals surface area contributed by atoms with Crippen LogP contribution in [0, 0.1) is 5.82 Å². The van der Waals surface area contributed by atoms with Gasteiger partial charge in [-0.1, -0.05) is 11.6 Å². The molecule has 2 aromatic rings. The van der Waals surface area contributed by atoms with Crippen molar-refractivity contribution in [3.05, 3.63) is 35.2 Å². The number of hydrogen-bond acceptors (Lipinski definition) is 7. The Balaban J connectivity index is 1.56. The van der Waals surface area contributed by atoms with Gasteiger partial charge in [-0.2, -0.15) is 10.1 Å². The minimum atomic E-state index is -0.495. The number of ether oxygens (including phenoxy) is 1. The van der Waals surface area contributed by atoms with Crippen LogP contribution in [0.4, 0.5) is 26.6 Å². The molecule has 1 aliphatic rings. The van der Waals surface area contributed by atoms with Gasteiger partial charge in [0.05, 0.1) is 17.8 Å². The standard InChI is InChI=1S/C17H20ClFN6O2/c1-2-27-17(26)25-7-5-11(6-8-25)21-15-10-20-24-16(23-15)22-12-3-4-14(19)13(18)9-12/h3-4,9-11H,2,5-8H2,1H3,(H2,21,22,23,24). The van der Waals surface area contributed by atoms with Gasteiger partial charge in [0.1, 0.15) is 5.82 Å². The van der Waals surface area contributed by atoms with E-state index >= 15 is 0 Å². The Morgan fingerprint density at radius 2 is 2.19 bits per heavy atom. The summed E-state index contributed by atoms with van der Waals surface area (Å²) < 4.78 is 18.3. The van der Waals surface area contributed by atoms with E-state index in [1.54, 1.807) is 11.8 Å². The molecule has 0 atom stereocenters. The van der Waals surface area contributed by atoms with E-state index in [1.807, 2.05) is 0 Å². The largest absolute Gasteiger partial charge is 0.450 e. The molecule has 0 radical (unpaired) electrons. The SMILES string of the molecule is CCOC(=O)N1CCC(Nc2cnnc(Nc3ccc(F)c(Cl)c3)n2)CC1. The Morgan fingerprint density at radius 3 is 2.89 bits per heavy atom. The number of benzene rings is 1. The fraction of sp³-hybridized carbons (Fsp3) is 0.412. The molecule has 0 bridgehead atoms. The molecule has 2 N–H and O–H groups in total. The smallest absolute Gasteiger partial charge is 0.409 e. The molecule has 3 rings (SSSR count). The van der Waals surface area contributed by atoms with Gasteiger partial charge >= 0.3 is 6.09 Å². The van der Waals surface area contributed by atoms with E-state index in [0.717, 1.165) is 12.8 Å². The van der Waals surface area contributed by atoms with Crippen molar-refractivity contribution in [2.24, 2.45) is 0 Å². The van der Waals surface area contributed by atoms with E-state index in [2.05, 4.69) is 25.8 Å². The molecule has 2 heterocycles. The number of anilines is 3. The van der Waals surface area contributed by atoms with Gasteiger partial charge in [0, 0.05) is 24.8 Å². The normalized spacial score (nSPS) is 14.7. The third-order valence-corrected chi connectivity index (χ3v) is 4.40. The summed E-state index contributed by atoms with van der Waals surface area (Å²) in [7, 11) is 0. The van der Waals surface area contributed by atoms with Crippen LogP contribution < -0.4 is 10.6 Å². The zero-order valence-corrected chi connectivity index (χ0v) is 15.5. The quantitative estimate of drug-likeness (QED) is 0.802. The van der Waals surface area contributed by atoms with Crippen LogP contribution in [0.3, 0.4) is 0 Å². The Hall–Kier alpha value is -2.68. The maximum Gasteiger partial charge on any atom is 0.409 e. The van der Waals surface area contributed by atoms with Crippen LogP contribution in [0.25, 0.3) is 0 Å². The van der Waals surface area contributed by atoms with E-state index < -0.39 is 5.82 Å². The zero-order chi connectivity index (χ0) is 19.2. The van der Waals surface area contributed by atoms with Crippen LogP contribution in [0.5, 0.6) is 0 Å². The second-order valence-corrected chi connectivity index (χ2v) is 6.43. The molecule has 10 heteroatoms. The van der Waals surface area contributed by atoms with E-state index in [1.165, 1.54) is 24.4 Å². The second kappa shape index (κ2) is 8.81. The molecule has 1 aromatic carbocycles. The van der Waals surface area contributed by atoms with Crippen LogP contribution in [0.1, 0.15) is 19.8 Å². The van der Waals surface area contributed by atoms with Crippen molar-refractivity contribution in [3.63, 3.8) is 0 Å². The number of carbonyl (C=O) groups excluding carboxylic acids is 1. The number of rotatable bonds is 5. The highest BCUT2D eigenvalue weighted by Gasteiger charge is 2.23. The molecule has 1 amide bonds. The zero-order valence-electron chi connectivity index (χ0n) is 14.8. The highest BCUT2D eigenvalue weighted by Crippen LogP contribution is 2.22. The van der Waals surface area contributed by atoms with Crippen molar-refractivity contribution in [2.45, 2.75) is 25.8 Å². The molecule has 1 aromatic heterocycles.